The highest BCUT2D eigenvalue weighted by Crippen LogP contribution is 2.29. The number of hydrogen-bond acceptors (Lipinski definition) is 4. The normalized spacial score (nSPS) is 10.7. The number of hydrogen-bond donors (Lipinski definition) is 2. The Balaban J connectivity index is 0.00000364. The van der Waals surface area contributed by atoms with E-state index >= 15 is 0 Å². The third-order valence-corrected chi connectivity index (χ3v) is 3.73. The number of aryl methyl sites for hydroxylation is 1. The zero-order chi connectivity index (χ0) is 18.9. The Hall–Kier alpha value is -2.16. The van der Waals surface area contributed by atoms with Crippen molar-refractivity contribution >= 4 is 35.6 Å². The summed E-state index contributed by atoms with van der Waals surface area (Å²) >= 11 is 0. The third-order valence-electron chi connectivity index (χ3n) is 3.73. The Bertz CT molecular complexity index is 766. The SMILES string of the molecule is CCOc1ccc(OCC)c(NC(N)=NCc2ccc(C)c(OC)c2)c1.I. The summed E-state index contributed by atoms with van der Waals surface area (Å²) in [6.45, 7) is 7.47. The molecule has 7 heteroatoms. The molecule has 0 unspecified atom stereocenters. The Kier molecular flexibility index (Phi) is 9.77. The van der Waals surface area contributed by atoms with Gasteiger partial charge in [0.25, 0.3) is 0 Å². The molecule has 0 atom stereocenters. The number of nitrogens with one attached hydrogen (secondary N) is 1. The van der Waals surface area contributed by atoms with Crippen LogP contribution in [0.4, 0.5) is 5.69 Å². The van der Waals surface area contributed by atoms with E-state index in [1.807, 2.05) is 57.2 Å². The number of halogens is 1. The highest BCUT2D eigenvalue weighted by molar-refractivity contribution is 14.0. The second kappa shape index (κ2) is 11.5. The number of rotatable bonds is 8. The van der Waals surface area contributed by atoms with Crippen LogP contribution in [0.5, 0.6) is 17.2 Å². The Labute approximate surface area is 178 Å². The molecule has 0 aromatic heterocycles. The number of methoxy groups -OCH3 is 1. The largest absolute Gasteiger partial charge is 0.496 e. The van der Waals surface area contributed by atoms with Gasteiger partial charge in [0.1, 0.15) is 17.2 Å². The number of anilines is 1. The minimum atomic E-state index is 0. The average Bonchev–Trinajstić information content (AvgIpc) is 2.63. The van der Waals surface area contributed by atoms with Crippen LogP contribution in [0.25, 0.3) is 0 Å². The first-order valence-electron chi connectivity index (χ1n) is 8.67. The van der Waals surface area contributed by atoms with Crippen LogP contribution in [0, 0.1) is 6.92 Å². The van der Waals surface area contributed by atoms with Crippen LogP contribution in [0.2, 0.25) is 0 Å². The predicted octanol–water partition coefficient (Wildman–Crippen LogP) is 4.35. The average molecular weight is 485 g/mol. The highest BCUT2D eigenvalue weighted by atomic mass is 127. The van der Waals surface area contributed by atoms with E-state index in [2.05, 4.69) is 10.3 Å². The van der Waals surface area contributed by atoms with Gasteiger partial charge >= 0.3 is 0 Å². The van der Waals surface area contributed by atoms with Crippen molar-refractivity contribution in [3.05, 3.63) is 47.5 Å². The summed E-state index contributed by atoms with van der Waals surface area (Å²) in [7, 11) is 1.66. The summed E-state index contributed by atoms with van der Waals surface area (Å²) in [6, 6.07) is 11.6. The third kappa shape index (κ3) is 6.82. The Morgan fingerprint density at radius 2 is 1.78 bits per heavy atom. The molecule has 0 spiro atoms. The van der Waals surface area contributed by atoms with E-state index < -0.39 is 0 Å². The fraction of sp³-hybridized carbons (Fsp3) is 0.350. The van der Waals surface area contributed by atoms with Crippen molar-refractivity contribution in [3.63, 3.8) is 0 Å². The number of aliphatic imine (C=N–C) groups is 1. The van der Waals surface area contributed by atoms with Gasteiger partial charge in [-0.2, -0.15) is 0 Å². The van der Waals surface area contributed by atoms with Gasteiger partial charge in [-0.1, -0.05) is 12.1 Å². The van der Waals surface area contributed by atoms with Crippen LogP contribution in [0.3, 0.4) is 0 Å². The number of nitrogens with two attached hydrogens (primary N) is 1. The molecule has 0 saturated carbocycles. The molecule has 2 rings (SSSR count). The van der Waals surface area contributed by atoms with E-state index in [4.69, 9.17) is 19.9 Å². The van der Waals surface area contributed by atoms with E-state index in [0.717, 1.165) is 28.3 Å². The van der Waals surface area contributed by atoms with Crippen molar-refractivity contribution < 1.29 is 14.2 Å². The van der Waals surface area contributed by atoms with Crippen LogP contribution >= 0.6 is 24.0 Å². The second-order valence-electron chi connectivity index (χ2n) is 5.65. The molecule has 2 aromatic rings. The summed E-state index contributed by atoms with van der Waals surface area (Å²) in [5, 5.41) is 3.10. The second-order valence-corrected chi connectivity index (χ2v) is 5.65. The zero-order valence-corrected chi connectivity index (χ0v) is 18.6. The molecule has 2 aromatic carbocycles. The lowest BCUT2D eigenvalue weighted by molar-refractivity contribution is 0.332. The monoisotopic (exact) mass is 485 g/mol. The van der Waals surface area contributed by atoms with Crippen molar-refractivity contribution in [2.75, 3.05) is 25.6 Å². The maximum atomic E-state index is 6.05. The van der Waals surface area contributed by atoms with Crippen LogP contribution in [-0.2, 0) is 6.54 Å². The molecule has 0 aliphatic heterocycles. The van der Waals surface area contributed by atoms with E-state index in [9.17, 15) is 0 Å². The van der Waals surface area contributed by atoms with Crippen molar-refractivity contribution in [2.24, 2.45) is 10.7 Å². The van der Waals surface area contributed by atoms with Gasteiger partial charge in [0, 0.05) is 6.07 Å². The lowest BCUT2D eigenvalue weighted by Gasteiger charge is -2.14. The molecule has 0 aliphatic rings. The Morgan fingerprint density at radius 1 is 1.04 bits per heavy atom. The molecule has 0 fully saturated rings. The summed E-state index contributed by atoms with van der Waals surface area (Å²) in [4.78, 5) is 4.40. The molecule has 27 heavy (non-hydrogen) atoms. The number of ether oxygens (including phenoxy) is 3. The van der Waals surface area contributed by atoms with Gasteiger partial charge in [-0.05, 0) is 50.1 Å². The minimum absolute atomic E-state index is 0. The first kappa shape index (κ1) is 22.9. The van der Waals surface area contributed by atoms with E-state index in [0.29, 0.717) is 31.5 Å². The van der Waals surface area contributed by atoms with Gasteiger partial charge in [0.05, 0.1) is 32.6 Å². The topological polar surface area (TPSA) is 78.1 Å². The van der Waals surface area contributed by atoms with Crippen LogP contribution in [-0.4, -0.2) is 26.3 Å². The molecular weight excluding hydrogens is 457 g/mol. The fourth-order valence-corrected chi connectivity index (χ4v) is 2.46. The van der Waals surface area contributed by atoms with Crippen LogP contribution in [0.15, 0.2) is 41.4 Å². The zero-order valence-electron chi connectivity index (χ0n) is 16.2. The maximum absolute atomic E-state index is 6.05. The lowest BCUT2D eigenvalue weighted by atomic mass is 10.1. The summed E-state index contributed by atoms with van der Waals surface area (Å²) < 4.78 is 16.5. The van der Waals surface area contributed by atoms with Crippen molar-refractivity contribution in [3.8, 4) is 17.2 Å². The summed E-state index contributed by atoms with van der Waals surface area (Å²) in [5.41, 5.74) is 8.88. The van der Waals surface area contributed by atoms with Crippen molar-refractivity contribution in [2.45, 2.75) is 27.3 Å². The molecular formula is C20H28IN3O3. The van der Waals surface area contributed by atoms with Gasteiger partial charge in [0.15, 0.2) is 5.96 Å². The molecule has 0 saturated heterocycles. The molecule has 3 N–H and O–H groups in total. The van der Waals surface area contributed by atoms with E-state index in [1.165, 1.54) is 0 Å². The Morgan fingerprint density at radius 3 is 2.44 bits per heavy atom. The van der Waals surface area contributed by atoms with Crippen LogP contribution in [0.1, 0.15) is 25.0 Å². The standard InChI is InChI=1S/C20H27N3O3.HI/c1-5-25-16-9-10-18(26-6-2)17(12-16)23-20(21)22-13-15-8-7-14(3)19(11-15)24-4;/h7-12H,5-6,13H2,1-4H3,(H3,21,22,23);1H. The summed E-state index contributed by atoms with van der Waals surface area (Å²) in [6.07, 6.45) is 0. The molecule has 148 valence electrons. The van der Waals surface area contributed by atoms with Gasteiger partial charge < -0.3 is 25.3 Å². The smallest absolute Gasteiger partial charge is 0.193 e. The van der Waals surface area contributed by atoms with Crippen molar-refractivity contribution in [1.82, 2.24) is 0 Å². The van der Waals surface area contributed by atoms with E-state index in [-0.39, 0.29) is 24.0 Å². The molecule has 0 heterocycles. The quantitative estimate of drug-likeness (QED) is 0.331. The van der Waals surface area contributed by atoms with Crippen molar-refractivity contribution in [1.29, 1.82) is 0 Å². The van der Waals surface area contributed by atoms with E-state index in [1.54, 1.807) is 7.11 Å². The number of benzene rings is 2. The van der Waals surface area contributed by atoms with Gasteiger partial charge in [0.2, 0.25) is 0 Å². The predicted molar refractivity (Wildman–Crippen MR) is 121 cm³/mol. The molecule has 0 bridgehead atoms. The lowest BCUT2D eigenvalue weighted by Crippen LogP contribution is -2.23. The van der Waals surface area contributed by atoms with Gasteiger partial charge in [-0.3, -0.25) is 0 Å². The highest BCUT2D eigenvalue weighted by Gasteiger charge is 2.07. The van der Waals surface area contributed by atoms with Crippen LogP contribution < -0.4 is 25.3 Å². The van der Waals surface area contributed by atoms with Gasteiger partial charge in [-0.15, -0.1) is 24.0 Å². The number of guanidine groups is 1. The molecule has 0 aliphatic carbocycles. The molecule has 0 radical (unpaired) electrons. The first-order chi connectivity index (χ1) is 12.6. The first-order valence-corrected chi connectivity index (χ1v) is 8.67. The molecule has 0 amide bonds. The minimum Gasteiger partial charge on any atom is -0.496 e. The molecule has 6 nitrogen and oxygen atoms in total. The summed E-state index contributed by atoms with van der Waals surface area (Å²) in [5.74, 6) is 2.59. The number of nitrogens with zero attached hydrogens (tertiary/aromatic N) is 1. The van der Waals surface area contributed by atoms with Gasteiger partial charge in [-0.25, -0.2) is 4.99 Å². The fourth-order valence-electron chi connectivity index (χ4n) is 2.46. The maximum Gasteiger partial charge on any atom is 0.193 e.